The van der Waals surface area contributed by atoms with Crippen LogP contribution in [-0.2, 0) is 0 Å². The lowest BCUT2D eigenvalue weighted by atomic mass is 9.94. The van der Waals surface area contributed by atoms with Gasteiger partial charge >= 0.3 is 0 Å². The lowest BCUT2D eigenvalue weighted by Gasteiger charge is -2.14. The topological polar surface area (TPSA) is 79.1 Å². The maximum absolute atomic E-state index is 12.4. The SMILES string of the molecule is Cc1cc2c(-c3cccc(O)c3)c(N)c(=O)[nH]c2c2ccccc12. The molecule has 24 heavy (non-hydrogen) atoms. The van der Waals surface area contributed by atoms with Crippen molar-refractivity contribution < 1.29 is 5.11 Å². The van der Waals surface area contributed by atoms with Crippen LogP contribution in [0.3, 0.4) is 0 Å². The number of aryl methyl sites for hydroxylation is 1. The number of aromatic nitrogens is 1. The molecular weight excluding hydrogens is 300 g/mol. The van der Waals surface area contributed by atoms with E-state index in [9.17, 15) is 9.90 Å². The van der Waals surface area contributed by atoms with Gasteiger partial charge in [-0.25, -0.2) is 0 Å². The van der Waals surface area contributed by atoms with Gasteiger partial charge in [-0.2, -0.15) is 0 Å². The molecule has 4 nitrogen and oxygen atoms in total. The summed E-state index contributed by atoms with van der Waals surface area (Å²) in [6.07, 6.45) is 0. The van der Waals surface area contributed by atoms with Crippen molar-refractivity contribution in [2.24, 2.45) is 0 Å². The second-order valence-electron chi connectivity index (χ2n) is 5.95. The molecule has 0 aliphatic heterocycles. The summed E-state index contributed by atoms with van der Waals surface area (Å²) in [6, 6.07) is 16.8. The Kier molecular flexibility index (Phi) is 3.06. The molecule has 1 heterocycles. The highest BCUT2D eigenvalue weighted by Crippen LogP contribution is 2.36. The van der Waals surface area contributed by atoms with E-state index in [1.165, 1.54) is 0 Å². The van der Waals surface area contributed by atoms with Crippen molar-refractivity contribution in [3.63, 3.8) is 0 Å². The first-order valence-corrected chi connectivity index (χ1v) is 7.69. The van der Waals surface area contributed by atoms with E-state index in [4.69, 9.17) is 5.73 Å². The summed E-state index contributed by atoms with van der Waals surface area (Å²) in [5.74, 6) is 0.137. The third-order valence-electron chi connectivity index (χ3n) is 4.41. The smallest absolute Gasteiger partial charge is 0.272 e. The maximum atomic E-state index is 12.4. The van der Waals surface area contributed by atoms with Crippen LogP contribution in [0.5, 0.6) is 5.75 Å². The second-order valence-corrected chi connectivity index (χ2v) is 5.95. The van der Waals surface area contributed by atoms with Gasteiger partial charge in [-0.3, -0.25) is 4.79 Å². The number of aromatic amines is 1. The van der Waals surface area contributed by atoms with Crippen molar-refractivity contribution in [1.82, 2.24) is 4.98 Å². The Morgan fingerprint density at radius 3 is 2.46 bits per heavy atom. The highest BCUT2D eigenvalue weighted by Gasteiger charge is 2.15. The van der Waals surface area contributed by atoms with Crippen molar-refractivity contribution in [1.29, 1.82) is 0 Å². The average Bonchev–Trinajstić information content (AvgIpc) is 2.57. The lowest BCUT2D eigenvalue weighted by Crippen LogP contribution is -2.13. The third-order valence-corrected chi connectivity index (χ3v) is 4.41. The molecule has 0 saturated carbocycles. The van der Waals surface area contributed by atoms with Crippen LogP contribution in [0.15, 0.2) is 59.4 Å². The highest BCUT2D eigenvalue weighted by molar-refractivity contribution is 6.13. The molecule has 0 aliphatic rings. The molecule has 0 bridgehead atoms. The monoisotopic (exact) mass is 316 g/mol. The minimum Gasteiger partial charge on any atom is -0.508 e. The minimum absolute atomic E-state index is 0.137. The molecule has 0 radical (unpaired) electrons. The van der Waals surface area contributed by atoms with E-state index >= 15 is 0 Å². The van der Waals surface area contributed by atoms with Crippen LogP contribution in [-0.4, -0.2) is 10.1 Å². The molecule has 4 aromatic rings. The molecule has 4 heteroatoms. The molecule has 0 unspecified atom stereocenters. The van der Waals surface area contributed by atoms with Crippen LogP contribution < -0.4 is 11.3 Å². The van der Waals surface area contributed by atoms with Crippen LogP contribution in [0.25, 0.3) is 32.8 Å². The molecule has 1 aromatic heterocycles. The molecule has 0 aliphatic carbocycles. The zero-order valence-corrected chi connectivity index (χ0v) is 13.1. The largest absolute Gasteiger partial charge is 0.508 e. The van der Waals surface area contributed by atoms with Crippen LogP contribution in [0.4, 0.5) is 5.69 Å². The van der Waals surface area contributed by atoms with E-state index in [0.29, 0.717) is 5.56 Å². The fourth-order valence-corrected chi connectivity index (χ4v) is 3.30. The summed E-state index contributed by atoms with van der Waals surface area (Å²) >= 11 is 0. The lowest BCUT2D eigenvalue weighted by molar-refractivity contribution is 0.475. The zero-order chi connectivity index (χ0) is 16.8. The Morgan fingerprint density at radius 2 is 1.71 bits per heavy atom. The first kappa shape index (κ1) is 14.3. The molecule has 0 saturated heterocycles. The van der Waals surface area contributed by atoms with Gasteiger partial charge in [0.05, 0.1) is 5.52 Å². The van der Waals surface area contributed by atoms with Gasteiger partial charge in [0, 0.05) is 16.3 Å². The normalized spacial score (nSPS) is 11.2. The number of hydrogen-bond donors (Lipinski definition) is 3. The predicted molar refractivity (Wildman–Crippen MR) is 98.3 cm³/mol. The van der Waals surface area contributed by atoms with Crippen molar-refractivity contribution in [3.8, 4) is 16.9 Å². The number of pyridine rings is 1. The summed E-state index contributed by atoms with van der Waals surface area (Å²) < 4.78 is 0. The Balaban J connectivity index is 2.25. The number of hydrogen-bond acceptors (Lipinski definition) is 3. The van der Waals surface area contributed by atoms with Crippen LogP contribution in [0, 0.1) is 6.92 Å². The zero-order valence-electron chi connectivity index (χ0n) is 13.1. The number of aromatic hydroxyl groups is 1. The predicted octanol–water partition coefficient (Wildman–Crippen LogP) is 3.94. The van der Waals surface area contributed by atoms with Crippen molar-refractivity contribution in [2.75, 3.05) is 5.73 Å². The van der Waals surface area contributed by atoms with Gasteiger partial charge < -0.3 is 15.8 Å². The number of rotatable bonds is 1. The Hall–Kier alpha value is -3.27. The van der Waals surface area contributed by atoms with Crippen LogP contribution >= 0.6 is 0 Å². The fourth-order valence-electron chi connectivity index (χ4n) is 3.30. The van der Waals surface area contributed by atoms with Gasteiger partial charge in [0.25, 0.3) is 5.56 Å². The van der Waals surface area contributed by atoms with Crippen molar-refractivity contribution >= 4 is 27.4 Å². The van der Waals surface area contributed by atoms with Crippen molar-refractivity contribution in [3.05, 3.63) is 70.5 Å². The Labute approximate surface area is 138 Å². The number of nitrogens with two attached hydrogens (primary N) is 1. The van der Waals surface area contributed by atoms with Gasteiger partial charge in [0.1, 0.15) is 11.4 Å². The van der Waals surface area contributed by atoms with Crippen LogP contribution in [0.2, 0.25) is 0 Å². The maximum Gasteiger partial charge on any atom is 0.272 e. The average molecular weight is 316 g/mol. The van der Waals surface area contributed by atoms with E-state index in [1.807, 2.05) is 43.3 Å². The summed E-state index contributed by atoms with van der Waals surface area (Å²) in [5, 5.41) is 12.7. The molecule has 4 N–H and O–H groups in total. The number of phenolic OH excluding ortho intramolecular Hbond substituents is 1. The molecule has 0 fully saturated rings. The first-order valence-electron chi connectivity index (χ1n) is 7.69. The van der Waals surface area contributed by atoms with Gasteiger partial charge in [-0.05, 0) is 41.6 Å². The molecule has 118 valence electrons. The van der Waals surface area contributed by atoms with Gasteiger partial charge in [0.15, 0.2) is 0 Å². The summed E-state index contributed by atoms with van der Waals surface area (Å²) in [6.45, 7) is 2.04. The Bertz CT molecular complexity index is 1160. The van der Waals surface area contributed by atoms with E-state index < -0.39 is 0 Å². The number of H-pyrrole nitrogens is 1. The molecule has 3 aromatic carbocycles. The molecule has 4 rings (SSSR count). The van der Waals surface area contributed by atoms with E-state index in [-0.39, 0.29) is 17.0 Å². The van der Waals surface area contributed by atoms with Gasteiger partial charge in [-0.1, -0.05) is 36.4 Å². The van der Waals surface area contributed by atoms with Gasteiger partial charge in [0.2, 0.25) is 0 Å². The summed E-state index contributed by atoms with van der Waals surface area (Å²) in [4.78, 5) is 15.3. The first-order chi connectivity index (χ1) is 11.6. The van der Waals surface area contributed by atoms with E-state index in [2.05, 4.69) is 4.98 Å². The number of nitrogen functional groups attached to an aromatic ring is 1. The number of nitrogens with one attached hydrogen (secondary N) is 1. The molecule has 0 spiro atoms. The summed E-state index contributed by atoms with van der Waals surface area (Å²) in [5.41, 5.74) is 9.16. The molecule has 0 amide bonds. The van der Waals surface area contributed by atoms with Crippen LogP contribution in [0.1, 0.15) is 5.56 Å². The Morgan fingerprint density at radius 1 is 0.958 bits per heavy atom. The third kappa shape index (κ3) is 2.04. The molecular formula is C20H16N2O2. The highest BCUT2D eigenvalue weighted by atomic mass is 16.3. The number of anilines is 1. The second kappa shape index (κ2) is 5.13. The minimum atomic E-state index is -0.324. The van der Waals surface area contributed by atoms with Gasteiger partial charge in [-0.15, -0.1) is 0 Å². The number of benzene rings is 3. The number of phenols is 1. The number of fused-ring (bicyclic) bond motifs is 3. The fraction of sp³-hybridized carbons (Fsp3) is 0.0500. The van der Waals surface area contributed by atoms with E-state index in [0.717, 1.165) is 32.8 Å². The van der Waals surface area contributed by atoms with E-state index in [1.54, 1.807) is 18.2 Å². The quantitative estimate of drug-likeness (QED) is 0.465. The summed E-state index contributed by atoms with van der Waals surface area (Å²) in [7, 11) is 0. The standard InChI is InChI=1S/C20H16N2O2/c1-11-9-16-17(12-5-4-6-13(23)10-12)18(21)20(24)22-19(16)15-8-3-2-7-14(11)15/h2-10,23H,21H2,1H3,(H,22,24). The molecule has 0 atom stereocenters. The van der Waals surface area contributed by atoms with Crippen molar-refractivity contribution in [2.45, 2.75) is 6.92 Å².